The SMILES string of the molecule is CCC/C=C(\C)C(=O)O. The maximum atomic E-state index is 10.1. The van der Waals surface area contributed by atoms with Gasteiger partial charge in [0, 0.05) is 5.57 Å². The number of unbranched alkanes of at least 4 members (excludes halogenated alkanes) is 1. The standard InChI is InChI=1S/C7H12O2/c1-3-4-5-6(2)7(8)9/h5H,3-4H2,1-2H3,(H,8,9)/b6-5+. The lowest BCUT2D eigenvalue weighted by atomic mass is 10.2. The molecule has 0 saturated carbocycles. The quantitative estimate of drug-likeness (QED) is 0.588. The van der Waals surface area contributed by atoms with Crippen molar-refractivity contribution in [3.8, 4) is 0 Å². The number of hydrogen-bond acceptors (Lipinski definition) is 1. The highest BCUT2D eigenvalue weighted by Crippen LogP contribution is 1.96. The van der Waals surface area contributed by atoms with E-state index in [1.54, 1.807) is 13.0 Å². The predicted octanol–water partition coefficient (Wildman–Crippen LogP) is 1.82. The van der Waals surface area contributed by atoms with Crippen LogP contribution in [0.25, 0.3) is 0 Å². The first kappa shape index (κ1) is 8.21. The number of carboxylic acid groups (broad SMARTS) is 1. The fourth-order valence-electron chi connectivity index (χ4n) is 0.448. The Balaban J connectivity index is 3.69. The van der Waals surface area contributed by atoms with Gasteiger partial charge in [-0.3, -0.25) is 0 Å². The summed E-state index contributed by atoms with van der Waals surface area (Å²) >= 11 is 0. The molecule has 0 aliphatic rings. The largest absolute Gasteiger partial charge is 0.478 e. The summed E-state index contributed by atoms with van der Waals surface area (Å²) in [6, 6.07) is 0. The van der Waals surface area contributed by atoms with Crippen LogP contribution in [0.4, 0.5) is 0 Å². The summed E-state index contributed by atoms with van der Waals surface area (Å²) in [5, 5.41) is 8.34. The van der Waals surface area contributed by atoms with Crippen LogP contribution in [-0.2, 0) is 4.79 Å². The second-order valence-electron chi connectivity index (χ2n) is 1.98. The van der Waals surface area contributed by atoms with Gasteiger partial charge in [-0.15, -0.1) is 0 Å². The predicted molar refractivity (Wildman–Crippen MR) is 36.3 cm³/mol. The molecular weight excluding hydrogens is 116 g/mol. The van der Waals surface area contributed by atoms with Gasteiger partial charge in [0.25, 0.3) is 0 Å². The summed E-state index contributed by atoms with van der Waals surface area (Å²) in [7, 11) is 0. The van der Waals surface area contributed by atoms with Gasteiger partial charge >= 0.3 is 5.97 Å². The molecule has 0 aromatic rings. The van der Waals surface area contributed by atoms with Crippen molar-refractivity contribution in [3.05, 3.63) is 11.6 Å². The van der Waals surface area contributed by atoms with Crippen molar-refractivity contribution in [1.82, 2.24) is 0 Å². The van der Waals surface area contributed by atoms with E-state index in [2.05, 4.69) is 0 Å². The van der Waals surface area contributed by atoms with E-state index < -0.39 is 5.97 Å². The zero-order chi connectivity index (χ0) is 7.28. The third-order valence-corrected chi connectivity index (χ3v) is 1.08. The molecule has 0 saturated heterocycles. The van der Waals surface area contributed by atoms with Crippen LogP contribution in [0.3, 0.4) is 0 Å². The molecule has 0 aliphatic heterocycles. The highest BCUT2D eigenvalue weighted by atomic mass is 16.4. The molecule has 0 bridgehead atoms. The van der Waals surface area contributed by atoms with E-state index in [1.807, 2.05) is 6.92 Å². The van der Waals surface area contributed by atoms with Crippen LogP contribution in [0.5, 0.6) is 0 Å². The number of aliphatic carboxylic acids is 1. The van der Waals surface area contributed by atoms with E-state index in [0.29, 0.717) is 5.57 Å². The van der Waals surface area contributed by atoms with Crippen molar-refractivity contribution in [2.75, 3.05) is 0 Å². The number of rotatable bonds is 3. The van der Waals surface area contributed by atoms with Gasteiger partial charge in [-0.25, -0.2) is 4.79 Å². The first-order valence-corrected chi connectivity index (χ1v) is 3.08. The third kappa shape index (κ3) is 3.76. The zero-order valence-electron chi connectivity index (χ0n) is 5.85. The molecule has 52 valence electrons. The Labute approximate surface area is 55.2 Å². The smallest absolute Gasteiger partial charge is 0.330 e. The molecule has 0 atom stereocenters. The van der Waals surface area contributed by atoms with E-state index in [9.17, 15) is 4.79 Å². The second kappa shape index (κ2) is 4.13. The van der Waals surface area contributed by atoms with Crippen molar-refractivity contribution in [1.29, 1.82) is 0 Å². The average molecular weight is 128 g/mol. The molecule has 0 heterocycles. The maximum Gasteiger partial charge on any atom is 0.330 e. The molecule has 0 aromatic heterocycles. The van der Waals surface area contributed by atoms with Crippen LogP contribution < -0.4 is 0 Å². The van der Waals surface area contributed by atoms with Crippen molar-refractivity contribution in [3.63, 3.8) is 0 Å². The summed E-state index contributed by atoms with van der Waals surface area (Å²) in [4.78, 5) is 10.1. The van der Waals surface area contributed by atoms with Crippen LogP contribution >= 0.6 is 0 Å². The summed E-state index contributed by atoms with van der Waals surface area (Å²) in [5.41, 5.74) is 0.442. The van der Waals surface area contributed by atoms with Crippen molar-refractivity contribution >= 4 is 5.97 Å². The van der Waals surface area contributed by atoms with Crippen molar-refractivity contribution in [2.45, 2.75) is 26.7 Å². The van der Waals surface area contributed by atoms with Gasteiger partial charge in [0.15, 0.2) is 0 Å². The number of carbonyl (C=O) groups is 1. The fourth-order valence-corrected chi connectivity index (χ4v) is 0.448. The van der Waals surface area contributed by atoms with Gasteiger partial charge in [0.2, 0.25) is 0 Å². The lowest BCUT2D eigenvalue weighted by molar-refractivity contribution is -0.132. The van der Waals surface area contributed by atoms with Crippen LogP contribution in [0.15, 0.2) is 11.6 Å². The highest BCUT2D eigenvalue weighted by molar-refractivity contribution is 5.85. The minimum absolute atomic E-state index is 0.442. The summed E-state index contributed by atoms with van der Waals surface area (Å²) in [6.07, 6.45) is 3.60. The van der Waals surface area contributed by atoms with E-state index >= 15 is 0 Å². The van der Waals surface area contributed by atoms with Crippen LogP contribution in [0.2, 0.25) is 0 Å². The van der Waals surface area contributed by atoms with E-state index in [-0.39, 0.29) is 0 Å². The van der Waals surface area contributed by atoms with Gasteiger partial charge in [-0.1, -0.05) is 19.4 Å². The van der Waals surface area contributed by atoms with Crippen molar-refractivity contribution in [2.24, 2.45) is 0 Å². The Morgan fingerprint density at radius 1 is 1.67 bits per heavy atom. The first-order valence-electron chi connectivity index (χ1n) is 3.08. The van der Waals surface area contributed by atoms with Gasteiger partial charge in [-0.05, 0) is 13.3 Å². The number of allylic oxidation sites excluding steroid dienone is 1. The monoisotopic (exact) mass is 128 g/mol. The minimum Gasteiger partial charge on any atom is -0.478 e. The Kier molecular flexibility index (Phi) is 3.76. The second-order valence-corrected chi connectivity index (χ2v) is 1.98. The fraction of sp³-hybridized carbons (Fsp3) is 0.571. The normalized spacial score (nSPS) is 11.6. The number of hydrogen-bond donors (Lipinski definition) is 1. The molecule has 0 unspecified atom stereocenters. The Bertz CT molecular complexity index is 125. The first-order chi connectivity index (χ1) is 4.18. The molecule has 1 N–H and O–H groups in total. The third-order valence-electron chi connectivity index (χ3n) is 1.08. The Morgan fingerprint density at radius 3 is 2.56 bits per heavy atom. The van der Waals surface area contributed by atoms with E-state index in [1.165, 1.54) is 0 Å². The lowest BCUT2D eigenvalue weighted by Gasteiger charge is -1.89. The maximum absolute atomic E-state index is 10.1. The molecule has 0 amide bonds. The van der Waals surface area contributed by atoms with Crippen LogP contribution in [-0.4, -0.2) is 11.1 Å². The summed E-state index contributed by atoms with van der Waals surface area (Å²) in [6.45, 7) is 3.63. The average Bonchev–Trinajstić information content (AvgIpc) is 1.82. The summed E-state index contributed by atoms with van der Waals surface area (Å²) < 4.78 is 0. The highest BCUT2D eigenvalue weighted by Gasteiger charge is 1.95. The topological polar surface area (TPSA) is 37.3 Å². The Morgan fingerprint density at radius 2 is 2.22 bits per heavy atom. The Hall–Kier alpha value is -0.790. The van der Waals surface area contributed by atoms with Crippen molar-refractivity contribution < 1.29 is 9.90 Å². The molecule has 2 nitrogen and oxygen atoms in total. The van der Waals surface area contributed by atoms with Gasteiger partial charge in [0.05, 0.1) is 0 Å². The molecule has 0 aromatic carbocycles. The molecular formula is C7H12O2. The lowest BCUT2D eigenvalue weighted by Crippen LogP contribution is -1.95. The van der Waals surface area contributed by atoms with Gasteiger partial charge in [-0.2, -0.15) is 0 Å². The zero-order valence-corrected chi connectivity index (χ0v) is 5.85. The number of carboxylic acids is 1. The van der Waals surface area contributed by atoms with E-state index in [4.69, 9.17) is 5.11 Å². The molecule has 0 rings (SSSR count). The molecule has 0 aliphatic carbocycles. The molecule has 0 radical (unpaired) electrons. The molecule has 2 heteroatoms. The summed E-state index contributed by atoms with van der Waals surface area (Å²) in [5.74, 6) is -0.816. The molecule has 0 spiro atoms. The van der Waals surface area contributed by atoms with Gasteiger partial charge in [0.1, 0.15) is 0 Å². The minimum atomic E-state index is -0.816. The molecule has 9 heavy (non-hydrogen) atoms. The molecule has 0 fully saturated rings. The van der Waals surface area contributed by atoms with E-state index in [0.717, 1.165) is 12.8 Å². The van der Waals surface area contributed by atoms with Crippen LogP contribution in [0.1, 0.15) is 26.7 Å². The van der Waals surface area contributed by atoms with Crippen LogP contribution in [0, 0.1) is 0 Å². The van der Waals surface area contributed by atoms with Gasteiger partial charge < -0.3 is 5.11 Å².